The van der Waals surface area contributed by atoms with Crippen LogP contribution in [0.4, 0.5) is 0 Å². The lowest BCUT2D eigenvalue weighted by molar-refractivity contribution is -0.141. The van der Waals surface area contributed by atoms with Gasteiger partial charge in [0.2, 0.25) is 0 Å². The van der Waals surface area contributed by atoms with Crippen molar-refractivity contribution in [2.45, 2.75) is 38.3 Å². The highest BCUT2D eigenvalue weighted by Crippen LogP contribution is 2.29. The van der Waals surface area contributed by atoms with Crippen molar-refractivity contribution in [3.8, 4) is 0 Å². The molecule has 3 heteroatoms. The van der Waals surface area contributed by atoms with Crippen LogP contribution in [-0.4, -0.2) is 28.5 Å². The number of aliphatic hydroxyl groups is 1. The van der Waals surface area contributed by atoms with Gasteiger partial charge in [-0.2, -0.15) is 0 Å². The number of rotatable bonds is 5. The minimum atomic E-state index is -1.01. The van der Waals surface area contributed by atoms with Crippen LogP contribution in [0.3, 0.4) is 0 Å². The number of hydrogen-bond acceptors (Lipinski definition) is 2. The SMILES string of the molecule is CCCN(C(=O)C(O)c1ccccc1)C1CC1. The standard InChI is InChI=1S/C14H19NO2/c1-2-10-15(12-8-9-12)14(17)13(16)11-6-4-3-5-7-11/h3-7,12-13,16H,2,8-10H2,1H3. The lowest BCUT2D eigenvalue weighted by Crippen LogP contribution is -2.37. The van der Waals surface area contributed by atoms with Gasteiger partial charge in [-0.15, -0.1) is 0 Å². The van der Waals surface area contributed by atoms with Crippen molar-refractivity contribution in [3.05, 3.63) is 35.9 Å². The van der Waals surface area contributed by atoms with Gasteiger partial charge in [0.1, 0.15) is 0 Å². The molecule has 0 saturated heterocycles. The molecule has 1 N–H and O–H groups in total. The summed E-state index contributed by atoms with van der Waals surface area (Å²) in [4.78, 5) is 14.0. The number of carbonyl (C=O) groups excluding carboxylic acids is 1. The van der Waals surface area contributed by atoms with E-state index in [1.165, 1.54) is 0 Å². The molecule has 1 aliphatic carbocycles. The van der Waals surface area contributed by atoms with Crippen molar-refractivity contribution in [1.82, 2.24) is 4.90 Å². The fraction of sp³-hybridized carbons (Fsp3) is 0.500. The summed E-state index contributed by atoms with van der Waals surface area (Å²) in [6.07, 6.45) is 2.08. The molecule has 0 heterocycles. The van der Waals surface area contributed by atoms with Crippen molar-refractivity contribution in [2.24, 2.45) is 0 Å². The van der Waals surface area contributed by atoms with Crippen molar-refractivity contribution >= 4 is 5.91 Å². The Kier molecular flexibility index (Phi) is 3.79. The Morgan fingerprint density at radius 1 is 1.41 bits per heavy atom. The lowest BCUT2D eigenvalue weighted by Gasteiger charge is -2.24. The molecule has 1 fully saturated rings. The highest BCUT2D eigenvalue weighted by Gasteiger charge is 2.34. The molecule has 0 spiro atoms. The number of aliphatic hydroxyl groups excluding tert-OH is 1. The molecule has 0 radical (unpaired) electrons. The second-order valence-corrected chi connectivity index (χ2v) is 4.58. The van der Waals surface area contributed by atoms with E-state index >= 15 is 0 Å². The maximum Gasteiger partial charge on any atom is 0.256 e. The van der Waals surface area contributed by atoms with E-state index in [4.69, 9.17) is 0 Å². The van der Waals surface area contributed by atoms with Crippen molar-refractivity contribution in [2.75, 3.05) is 6.54 Å². The topological polar surface area (TPSA) is 40.5 Å². The van der Waals surface area contributed by atoms with Gasteiger partial charge < -0.3 is 10.0 Å². The monoisotopic (exact) mass is 233 g/mol. The van der Waals surface area contributed by atoms with Gasteiger partial charge in [0.05, 0.1) is 0 Å². The summed E-state index contributed by atoms with van der Waals surface area (Å²) in [5.74, 6) is -0.152. The first-order chi connectivity index (χ1) is 8.24. The molecule has 92 valence electrons. The highest BCUT2D eigenvalue weighted by atomic mass is 16.3. The fourth-order valence-corrected chi connectivity index (χ4v) is 2.03. The predicted molar refractivity (Wildman–Crippen MR) is 66.4 cm³/mol. The molecule has 3 nitrogen and oxygen atoms in total. The van der Waals surface area contributed by atoms with Gasteiger partial charge in [0, 0.05) is 12.6 Å². The van der Waals surface area contributed by atoms with Crippen LogP contribution in [0, 0.1) is 0 Å². The summed E-state index contributed by atoms with van der Waals surface area (Å²) in [6.45, 7) is 2.80. The Hall–Kier alpha value is -1.35. The fourth-order valence-electron chi connectivity index (χ4n) is 2.03. The van der Waals surface area contributed by atoms with E-state index in [1.807, 2.05) is 23.1 Å². The van der Waals surface area contributed by atoms with E-state index in [2.05, 4.69) is 6.92 Å². The molecule has 17 heavy (non-hydrogen) atoms. The van der Waals surface area contributed by atoms with Crippen LogP contribution >= 0.6 is 0 Å². The van der Waals surface area contributed by atoms with E-state index in [0.29, 0.717) is 11.6 Å². The quantitative estimate of drug-likeness (QED) is 0.846. The van der Waals surface area contributed by atoms with Crippen LogP contribution in [0.5, 0.6) is 0 Å². The van der Waals surface area contributed by atoms with Gasteiger partial charge in [-0.25, -0.2) is 0 Å². The molecule has 1 amide bonds. The first kappa shape index (κ1) is 12.1. The van der Waals surface area contributed by atoms with Gasteiger partial charge in [0.25, 0.3) is 5.91 Å². The first-order valence-electron chi connectivity index (χ1n) is 6.27. The summed E-state index contributed by atoms with van der Waals surface area (Å²) in [5, 5.41) is 10.1. The summed E-state index contributed by atoms with van der Waals surface area (Å²) < 4.78 is 0. The van der Waals surface area contributed by atoms with E-state index in [0.717, 1.165) is 25.8 Å². The Morgan fingerprint density at radius 2 is 2.06 bits per heavy atom. The van der Waals surface area contributed by atoms with Gasteiger partial charge in [-0.3, -0.25) is 4.79 Å². The average Bonchev–Trinajstić information content (AvgIpc) is 3.19. The van der Waals surface area contributed by atoms with Crippen molar-refractivity contribution in [3.63, 3.8) is 0 Å². The van der Waals surface area contributed by atoms with E-state index in [1.54, 1.807) is 12.1 Å². The van der Waals surface area contributed by atoms with Crippen LogP contribution in [0.1, 0.15) is 37.9 Å². The molecular formula is C14H19NO2. The Labute approximate surface area is 102 Å². The van der Waals surface area contributed by atoms with Crippen molar-refractivity contribution in [1.29, 1.82) is 0 Å². The maximum absolute atomic E-state index is 12.2. The van der Waals surface area contributed by atoms with E-state index in [9.17, 15) is 9.90 Å². The summed E-state index contributed by atoms with van der Waals surface area (Å²) in [5.41, 5.74) is 0.680. The summed E-state index contributed by atoms with van der Waals surface area (Å²) in [6, 6.07) is 9.51. The molecule has 0 aliphatic heterocycles. The molecule has 2 rings (SSSR count). The molecular weight excluding hydrogens is 214 g/mol. The number of amides is 1. The van der Waals surface area contributed by atoms with Crippen LogP contribution < -0.4 is 0 Å². The predicted octanol–water partition coefficient (Wildman–Crippen LogP) is 2.12. The first-order valence-corrected chi connectivity index (χ1v) is 6.27. The molecule has 1 aromatic rings. The lowest BCUT2D eigenvalue weighted by atomic mass is 10.1. The zero-order valence-corrected chi connectivity index (χ0v) is 10.2. The maximum atomic E-state index is 12.2. The average molecular weight is 233 g/mol. The highest BCUT2D eigenvalue weighted by molar-refractivity contribution is 5.82. The molecule has 1 aromatic carbocycles. The van der Waals surface area contributed by atoms with Gasteiger partial charge in [-0.05, 0) is 24.8 Å². The Bertz CT molecular complexity index is 373. The minimum Gasteiger partial charge on any atom is -0.378 e. The Balaban J connectivity index is 2.07. The second-order valence-electron chi connectivity index (χ2n) is 4.58. The minimum absolute atomic E-state index is 0.152. The van der Waals surface area contributed by atoms with Gasteiger partial charge in [-0.1, -0.05) is 37.3 Å². The normalized spacial score (nSPS) is 16.6. The molecule has 0 bridgehead atoms. The largest absolute Gasteiger partial charge is 0.378 e. The van der Waals surface area contributed by atoms with Gasteiger partial charge >= 0.3 is 0 Å². The number of carbonyl (C=O) groups is 1. The zero-order chi connectivity index (χ0) is 12.3. The van der Waals surface area contributed by atoms with E-state index in [-0.39, 0.29) is 5.91 Å². The van der Waals surface area contributed by atoms with Gasteiger partial charge in [0.15, 0.2) is 6.10 Å². The Morgan fingerprint density at radius 3 is 2.59 bits per heavy atom. The third-order valence-electron chi connectivity index (χ3n) is 3.08. The number of benzene rings is 1. The third-order valence-corrected chi connectivity index (χ3v) is 3.08. The number of hydrogen-bond donors (Lipinski definition) is 1. The van der Waals surface area contributed by atoms with Crippen LogP contribution in [0.15, 0.2) is 30.3 Å². The smallest absolute Gasteiger partial charge is 0.256 e. The molecule has 1 unspecified atom stereocenters. The van der Waals surface area contributed by atoms with E-state index < -0.39 is 6.10 Å². The molecule has 0 aromatic heterocycles. The molecule has 1 atom stereocenters. The zero-order valence-electron chi connectivity index (χ0n) is 10.2. The molecule has 1 saturated carbocycles. The third kappa shape index (κ3) is 2.86. The van der Waals surface area contributed by atoms with Crippen LogP contribution in [-0.2, 0) is 4.79 Å². The molecule has 1 aliphatic rings. The van der Waals surface area contributed by atoms with Crippen LogP contribution in [0.25, 0.3) is 0 Å². The number of nitrogens with zero attached hydrogens (tertiary/aromatic N) is 1. The summed E-state index contributed by atoms with van der Waals surface area (Å²) in [7, 11) is 0. The summed E-state index contributed by atoms with van der Waals surface area (Å²) >= 11 is 0. The van der Waals surface area contributed by atoms with Crippen LogP contribution in [0.2, 0.25) is 0 Å². The second kappa shape index (κ2) is 5.32. The van der Waals surface area contributed by atoms with Crippen molar-refractivity contribution < 1.29 is 9.90 Å².